The molecule has 0 aliphatic carbocycles. The number of amides is 1. The number of rotatable bonds is 11. The normalized spacial score (nSPS) is 16.2. The predicted octanol–water partition coefficient (Wildman–Crippen LogP) is 3.52. The molecule has 0 aromatic heterocycles. The largest absolute Gasteiger partial charge is 0.493 e. The van der Waals surface area contributed by atoms with Gasteiger partial charge in [0.05, 0.1) is 31.9 Å². The molecule has 0 bridgehead atoms. The predicted molar refractivity (Wildman–Crippen MR) is 121 cm³/mol. The summed E-state index contributed by atoms with van der Waals surface area (Å²) in [6.07, 6.45) is 1.87. The number of nitrogens with zero attached hydrogens (tertiary/aromatic N) is 1. The van der Waals surface area contributed by atoms with E-state index in [1.54, 1.807) is 17.9 Å². The Morgan fingerprint density at radius 2 is 1.91 bits per heavy atom. The highest BCUT2D eigenvalue weighted by Crippen LogP contribution is 2.34. The summed E-state index contributed by atoms with van der Waals surface area (Å²) in [7, 11) is 1.35. The molecule has 1 N–H and O–H groups in total. The van der Waals surface area contributed by atoms with Gasteiger partial charge < -0.3 is 24.2 Å². The lowest BCUT2D eigenvalue weighted by Crippen LogP contribution is -2.47. The van der Waals surface area contributed by atoms with Crippen molar-refractivity contribution in [2.45, 2.75) is 51.2 Å². The fraction of sp³-hybridized carbons (Fsp3) is 0.440. The molecule has 2 aromatic carbocycles. The highest BCUT2D eigenvalue weighted by Gasteiger charge is 2.33. The molecule has 32 heavy (non-hydrogen) atoms. The van der Waals surface area contributed by atoms with E-state index in [2.05, 4.69) is 0 Å². The van der Waals surface area contributed by atoms with Crippen molar-refractivity contribution in [1.29, 1.82) is 0 Å². The fourth-order valence-corrected chi connectivity index (χ4v) is 3.69. The smallest absolute Gasteiger partial charge is 0.310 e. The number of fused-ring (bicyclic) bond motifs is 1. The van der Waals surface area contributed by atoms with E-state index in [9.17, 15) is 14.7 Å². The first-order valence-electron chi connectivity index (χ1n) is 11.0. The van der Waals surface area contributed by atoms with Crippen molar-refractivity contribution >= 4 is 17.6 Å². The van der Waals surface area contributed by atoms with Gasteiger partial charge in [-0.3, -0.25) is 9.59 Å². The van der Waals surface area contributed by atoms with Crippen molar-refractivity contribution in [3.63, 3.8) is 0 Å². The molecule has 1 amide bonds. The van der Waals surface area contributed by atoms with Crippen molar-refractivity contribution in [1.82, 2.24) is 0 Å². The number of ether oxygens (including phenoxy) is 3. The van der Waals surface area contributed by atoms with Gasteiger partial charge in [-0.2, -0.15) is 0 Å². The Balaban J connectivity index is 1.62. The maximum atomic E-state index is 13.1. The number of aliphatic hydroxyl groups excluding tert-OH is 1. The molecule has 2 atom stereocenters. The first-order chi connectivity index (χ1) is 15.5. The van der Waals surface area contributed by atoms with Gasteiger partial charge in [-0.15, -0.1) is 0 Å². The van der Waals surface area contributed by atoms with Crippen LogP contribution < -0.4 is 14.4 Å². The van der Waals surface area contributed by atoms with Crippen LogP contribution in [-0.4, -0.2) is 49.5 Å². The van der Waals surface area contributed by atoms with Crippen LogP contribution in [0.25, 0.3) is 0 Å². The van der Waals surface area contributed by atoms with Gasteiger partial charge in [0.15, 0.2) is 6.10 Å². The van der Waals surface area contributed by atoms with Crippen LogP contribution in [0.5, 0.6) is 11.5 Å². The summed E-state index contributed by atoms with van der Waals surface area (Å²) in [4.78, 5) is 26.6. The first kappa shape index (κ1) is 23.6. The summed E-state index contributed by atoms with van der Waals surface area (Å²) >= 11 is 0. The third-order valence-corrected chi connectivity index (χ3v) is 5.39. The Kier molecular flexibility index (Phi) is 8.50. The van der Waals surface area contributed by atoms with Gasteiger partial charge in [-0.25, -0.2) is 0 Å². The Morgan fingerprint density at radius 1 is 1.16 bits per heavy atom. The molecule has 7 nitrogen and oxygen atoms in total. The lowest BCUT2D eigenvalue weighted by Gasteiger charge is -2.34. The molecule has 1 aliphatic rings. The summed E-state index contributed by atoms with van der Waals surface area (Å²) in [5.74, 6) is 0.845. The van der Waals surface area contributed by atoms with Crippen LogP contribution in [0.15, 0.2) is 48.5 Å². The van der Waals surface area contributed by atoms with Crippen LogP contribution in [0.1, 0.15) is 38.2 Å². The Labute approximate surface area is 188 Å². The molecule has 172 valence electrons. The number of anilines is 1. The van der Waals surface area contributed by atoms with Gasteiger partial charge in [-0.05, 0) is 44.4 Å². The number of esters is 1. The summed E-state index contributed by atoms with van der Waals surface area (Å²) < 4.78 is 16.6. The molecular formula is C25H31NO6. The van der Waals surface area contributed by atoms with Crippen LogP contribution in [0.2, 0.25) is 0 Å². The number of para-hydroxylation sites is 3. The molecule has 0 saturated heterocycles. The molecule has 0 fully saturated rings. The van der Waals surface area contributed by atoms with E-state index in [0.29, 0.717) is 30.9 Å². The number of methoxy groups -OCH3 is 1. The van der Waals surface area contributed by atoms with Crippen LogP contribution in [0.4, 0.5) is 5.69 Å². The van der Waals surface area contributed by atoms with E-state index in [-0.39, 0.29) is 31.0 Å². The third kappa shape index (κ3) is 6.23. The highest BCUT2D eigenvalue weighted by molar-refractivity contribution is 6.00. The second-order valence-electron chi connectivity index (χ2n) is 7.91. The average molecular weight is 442 g/mol. The zero-order valence-electron chi connectivity index (χ0n) is 18.7. The number of aliphatic hydroxyl groups is 1. The van der Waals surface area contributed by atoms with Gasteiger partial charge in [0.1, 0.15) is 11.5 Å². The summed E-state index contributed by atoms with van der Waals surface area (Å²) in [6.45, 7) is 2.62. The van der Waals surface area contributed by atoms with Crippen LogP contribution in [-0.2, 0) is 20.7 Å². The molecule has 0 saturated carbocycles. The standard InChI is InChI=1S/C25H31NO6/c1-18(27)9-7-8-15-26-20-11-4-6-13-22(20)32-23(25(26)29)14-16-31-21-12-5-3-10-19(21)17-24(28)30-2/h3-6,10-13,18,23,27H,7-9,14-17H2,1-2H3. The second-order valence-corrected chi connectivity index (χ2v) is 7.91. The van der Waals surface area contributed by atoms with Gasteiger partial charge in [0, 0.05) is 18.5 Å². The summed E-state index contributed by atoms with van der Waals surface area (Å²) in [5.41, 5.74) is 1.51. The number of carbonyl (C=O) groups is 2. The molecular weight excluding hydrogens is 410 g/mol. The minimum Gasteiger partial charge on any atom is -0.493 e. The summed E-state index contributed by atoms with van der Waals surface area (Å²) in [6, 6.07) is 14.8. The second kappa shape index (κ2) is 11.5. The van der Waals surface area contributed by atoms with E-state index in [1.165, 1.54) is 7.11 Å². The lowest BCUT2D eigenvalue weighted by molar-refractivity contribution is -0.139. The van der Waals surface area contributed by atoms with Crippen molar-refractivity contribution in [3.8, 4) is 11.5 Å². The van der Waals surface area contributed by atoms with Crippen LogP contribution >= 0.6 is 0 Å². The number of unbranched alkanes of at least 4 members (excludes halogenated alkanes) is 1. The molecule has 1 aliphatic heterocycles. The van der Waals surface area contributed by atoms with E-state index in [0.717, 1.165) is 24.1 Å². The van der Waals surface area contributed by atoms with Crippen molar-refractivity contribution in [2.24, 2.45) is 0 Å². The van der Waals surface area contributed by atoms with Crippen molar-refractivity contribution < 1.29 is 28.9 Å². The molecule has 0 spiro atoms. The number of benzene rings is 2. The Bertz CT molecular complexity index is 913. The van der Waals surface area contributed by atoms with Gasteiger partial charge >= 0.3 is 5.97 Å². The molecule has 3 rings (SSSR count). The van der Waals surface area contributed by atoms with Crippen LogP contribution in [0, 0.1) is 0 Å². The van der Waals surface area contributed by atoms with Gasteiger partial charge in [-0.1, -0.05) is 30.3 Å². The molecule has 1 heterocycles. The molecule has 0 radical (unpaired) electrons. The fourth-order valence-electron chi connectivity index (χ4n) is 3.69. The first-order valence-corrected chi connectivity index (χ1v) is 11.0. The van der Waals surface area contributed by atoms with Gasteiger partial charge in [0.25, 0.3) is 5.91 Å². The number of hydrogen-bond acceptors (Lipinski definition) is 6. The Hall–Kier alpha value is -3.06. The number of hydrogen-bond donors (Lipinski definition) is 1. The monoisotopic (exact) mass is 441 g/mol. The number of carbonyl (C=O) groups excluding carboxylic acids is 2. The van der Waals surface area contributed by atoms with Crippen molar-refractivity contribution in [3.05, 3.63) is 54.1 Å². The zero-order chi connectivity index (χ0) is 22.9. The SMILES string of the molecule is COC(=O)Cc1ccccc1OCCC1Oc2ccccc2N(CCCCC(C)O)C1=O. The quantitative estimate of drug-likeness (QED) is 0.424. The Morgan fingerprint density at radius 3 is 2.69 bits per heavy atom. The maximum Gasteiger partial charge on any atom is 0.310 e. The van der Waals surface area contributed by atoms with E-state index < -0.39 is 6.10 Å². The summed E-state index contributed by atoms with van der Waals surface area (Å²) in [5, 5.41) is 9.47. The highest BCUT2D eigenvalue weighted by atomic mass is 16.5. The molecule has 2 unspecified atom stereocenters. The average Bonchev–Trinajstić information content (AvgIpc) is 2.79. The maximum absolute atomic E-state index is 13.1. The minimum absolute atomic E-state index is 0.0906. The van der Waals surface area contributed by atoms with E-state index in [1.807, 2.05) is 42.5 Å². The zero-order valence-corrected chi connectivity index (χ0v) is 18.7. The van der Waals surface area contributed by atoms with Crippen molar-refractivity contribution in [2.75, 3.05) is 25.2 Å². The lowest BCUT2D eigenvalue weighted by atomic mass is 10.1. The minimum atomic E-state index is -0.644. The molecule has 7 heteroatoms. The third-order valence-electron chi connectivity index (χ3n) is 5.39. The van der Waals surface area contributed by atoms with Crippen LogP contribution in [0.3, 0.4) is 0 Å². The molecule has 2 aromatic rings. The van der Waals surface area contributed by atoms with E-state index in [4.69, 9.17) is 14.2 Å². The topological polar surface area (TPSA) is 85.3 Å². The van der Waals surface area contributed by atoms with E-state index >= 15 is 0 Å². The van der Waals surface area contributed by atoms with Gasteiger partial charge in [0.2, 0.25) is 0 Å².